The fourth-order valence-electron chi connectivity index (χ4n) is 2.45. The van der Waals surface area contributed by atoms with Crippen LogP contribution in [0.5, 0.6) is 0 Å². The van der Waals surface area contributed by atoms with Gasteiger partial charge >= 0.3 is 6.09 Å². The predicted octanol–water partition coefficient (Wildman–Crippen LogP) is 1.95. The minimum Gasteiger partial charge on any atom is -0.450 e. The van der Waals surface area contributed by atoms with Crippen LogP contribution in [0.3, 0.4) is 0 Å². The second-order valence-electron chi connectivity index (χ2n) is 4.58. The van der Waals surface area contributed by atoms with E-state index in [0.29, 0.717) is 13.2 Å². The van der Waals surface area contributed by atoms with Crippen LogP contribution in [-0.2, 0) is 9.47 Å². The molecule has 0 aliphatic carbocycles. The Bertz CT molecular complexity index is 293. The highest BCUT2D eigenvalue weighted by molar-refractivity contribution is 5.67. The van der Waals surface area contributed by atoms with Gasteiger partial charge in [0.2, 0.25) is 0 Å². The number of nitrogens with zero attached hydrogens (tertiary/aromatic N) is 1. The molecular weight excluding hydrogens is 206 g/mol. The van der Waals surface area contributed by atoms with Gasteiger partial charge in [0.15, 0.2) is 0 Å². The number of likely N-dealkylation sites (tertiary alicyclic amines) is 1. The van der Waals surface area contributed by atoms with Gasteiger partial charge in [0.1, 0.15) is 0 Å². The number of amides is 1. The summed E-state index contributed by atoms with van der Waals surface area (Å²) >= 11 is 0. The van der Waals surface area contributed by atoms with Gasteiger partial charge in [-0.05, 0) is 31.8 Å². The number of carbonyl (C=O) groups is 1. The van der Waals surface area contributed by atoms with Crippen molar-refractivity contribution < 1.29 is 14.3 Å². The number of ether oxygens (including phenoxy) is 2. The van der Waals surface area contributed by atoms with Crippen molar-refractivity contribution in [2.24, 2.45) is 0 Å². The van der Waals surface area contributed by atoms with Crippen molar-refractivity contribution >= 4 is 6.09 Å². The van der Waals surface area contributed by atoms with Crippen LogP contribution < -0.4 is 0 Å². The van der Waals surface area contributed by atoms with E-state index in [9.17, 15) is 4.79 Å². The minimum atomic E-state index is -0.200. The normalized spacial score (nSPS) is 23.8. The van der Waals surface area contributed by atoms with Crippen molar-refractivity contribution in [1.82, 2.24) is 4.90 Å². The summed E-state index contributed by atoms with van der Waals surface area (Å²) in [6.45, 7) is 8.36. The first-order chi connectivity index (χ1) is 7.65. The van der Waals surface area contributed by atoms with Gasteiger partial charge in [-0.3, -0.25) is 0 Å². The van der Waals surface area contributed by atoms with Gasteiger partial charge in [-0.1, -0.05) is 6.58 Å². The van der Waals surface area contributed by atoms with Gasteiger partial charge < -0.3 is 14.4 Å². The van der Waals surface area contributed by atoms with Crippen molar-refractivity contribution in [3.05, 3.63) is 12.2 Å². The van der Waals surface area contributed by atoms with Gasteiger partial charge in [-0.15, -0.1) is 0 Å². The summed E-state index contributed by atoms with van der Waals surface area (Å²) in [7, 11) is 0. The molecule has 90 valence electrons. The number of hydrogen-bond acceptors (Lipinski definition) is 3. The summed E-state index contributed by atoms with van der Waals surface area (Å²) in [5, 5.41) is 0. The molecule has 0 N–H and O–H groups in total. The monoisotopic (exact) mass is 225 g/mol. The lowest BCUT2D eigenvalue weighted by molar-refractivity contribution is -0.0411. The smallest absolute Gasteiger partial charge is 0.409 e. The van der Waals surface area contributed by atoms with E-state index >= 15 is 0 Å². The van der Waals surface area contributed by atoms with Gasteiger partial charge in [-0.2, -0.15) is 0 Å². The van der Waals surface area contributed by atoms with E-state index in [4.69, 9.17) is 9.47 Å². The highest BCUT2D eigenvalue weighted by Crippen LogP contribution is 2.37. The summed E-state index contributed by atoms with van der Waals surface area (Å²) < 4.78 is 10.8. The maximum absolute atomic E-state index is 11.5. The van der Waals surface area contributed by atoms with Gasteiger partial charge in [0.25, 0.3) is 0 Å². The van der Waals surface area contributed by atoms with Gasteiger partial charge in [0.05, 0.1) is 18.8 Å². The van der Waals surface area contributed by atoms with Crippen LogP contribution >= 0.6 is 0 Å². The molecule has 2 heterocycles. The molecular formula is C12H19NO3. The Morgan fingerprint density at radius 2 is 2.25 bits per heavy atom. The molecule has 16 heavy (non-hydrogen) atoms. The number of rotatable bonds is 1. The lowest BCUT2D eigenvalue weighted by Crippen LogP contribution is -2.46. The van der Waals surface area contributed by atoms with E-state index in [1.54, 1.807) is 4.90 Å². The molecule has 2 rings (SSSR count). The fourth-order valence-corrected chi connectivity index (χ4v) is 2.45. The summed E-state index contributed by atoms with van der Waals surface area (Å²) in [6, 6.07) is 0. The topological polar surface area (TPSA) is 38.8 Å². The van der Waals surface area contributed by atoms with E-state index in [0.717, 1.165) is 32.4 Å². The Kier molecular flexibility index (Phi) is 3.19. The molecule has 2 aliphatic rings. The molecule has 1 amide bonds. The summed E-state index contributed by atoms with van der Waals surface area (Å²) in [6.07, 6.45) is 2.54. The summed E-state index contributed by atoms with van der Waals surface area (Å²) in [5.74, 6) is 0. The Morgan fingerprint density at radius 1 is 1.56 bits per heavy atom. The lowest BCUT2D eigenvalue weighted by Gasteiger charge is -2.37. The van der Waals surface area contributed by atoms with Gasteiger partial charge in [-0.25, -0.2) is 4.79 Å². The molecule has 0 radical (unpaired) electrons. The maximum Gasteiger partial charge on any atom is 0.409 e. The molecule has 0 bridgehead atoms. The van der Waals surface area contributed by atoms with Crippen LogP contribution in [0.2, 0.25) is 0 Å². The zero-order valence-corrected chi connectivity index (χ0v) is 9.83. The zero-order chi connectivity index (χ0) is 11.6. The third-order valence-electron chi connectivity index (χ3n) is 3.36. The molecule has 2 aliphatic heterocycles. The second-order valence-corrected chi connectivity index (χ2v) is 4.58. The second kappa shape index (κ2) is 4.45. The first kappa shape index (κ1) is 11.5. The van der Waals surface area contributed by atoms with Crippen molar-refractivity contribution in [1.29, 1.82) is 0 Å². The quantitative estimate of drug-likeness (QED) is 0.640. The average molecular weight is 225 g/mol. The molecule has 2 saturated heterocycles. The van der Waals surface area contributed by atoms with Crippen molar-refractivity contribution in [3.8, 4) is 0 Å². The minimum absolute atomic E-state index is 0.0416. The van der Waals surface area contributed by atoms with E-state index < -0.39 is 0 Å². The molecule has 0 atom stereocenters. The molecule has 4 nitrogen and oxygen atoms in total. The third kappa shape index (κ3) is 2.21. The van der Waals surface area contributed by atoms with E-state index in [1.807, 2.05) is 6.92 Å². The number of hydrogen-bond donors (Lipinski definition) is 0. The maximum atomic E-state index is 11.5. The third-order valence-corrected chi connectivity index (χ3v) is 3.36. The lowest BCUT2D eigenvalue weighted by atomic mass is 9.88. The highest BCUT2D eigenvalue weighted by Gasteiger charge is 2.40. The first-order valence-electron chi connectivity index (χ1n) is 5.87. The Balaban J connectivity index is 1.87. The summed E-state index contributed by atoms with van der Waals surface area (Å²) in [4.78, 5) is 13.3. The Morgan fingerprint density at radius 3 is 2.75 bits per heavy atom. The predicted molar refractivity (Wildman–Crippen MR) is 60.3 cm³/mol. The van der Waals surface area contributed by atoms with Crippen molar-refractivity contribution in [2.45, 2.75) is 31.8 Å². The van der Waals surface area contributed by atoms with Crippen molar-refractivity contribution in [3.63, 3.8) is 0 Å². The van der Waals surface area contributed by atoms with Crippen LogP contribution in [-0.4, -0.2) is 42.9 Å². The SMILES string of the molecule is C=C1COC2(CCN(C(=O)OCC)CC2)C1. The standard InChI is InChI=1S/C12H19NO3/c1-3-15-11(14)13-6-4-12(5-7-13)8-10(2)9-16-12/h2-9H2,1H3. The number of carbonyl (C=O) groups excluding carboxylic acids is 1. The van der Waals surface area contributed by atoms with Crippen LogP contribution in [0.4, 0.5) is 4.79 Å². The Hall–Kier alpha value is -1.03. The van der Waals surface area contributed by atoms with Crippen LogP contribution in [0.15, 0.2) is 12.2 Å². The first-order valence-corrected chi connectivity index (χ1v) is 5.87. The van der Waals surface area contributed by atoms with Crippen LogP contribution in [0.1, 0.15) is 26.2 Å². The average Bonchev–Trinajstić information content (AvgIpc) is 2.61. The van der Waals surface area contributed by atoms with E-state index in [2.05, 4.69) is 6.58 Å². The molecule has 1 spiro atoms. The largest absolute Gasteiger partial charge is 0.450 e. The van der Waals surface area contributed by atoms with Crippen LogP contribution in [0.25, 0.3) is 0 Å². The molecule has 0 unspecified atom stereocenters. The summed E-state index contributed by atoms with van der Waals surface area (Å²) in [5.41, 5.74) is 1.13. The zero-order valence-electron chi connectivity index (χ0n) is 9.83. The van der Waals surface area contributed by atoms with E-state index in [1.165, 1.54) is 5.57 Å². The molecule has 0 aromatic heterocycles. The Labute approximate surface area is 96.2 Å². The number of piperidine rings is 1. The molecule has 4 heteroatoms. The van der Waals surface area contributed by atoms with Gasteiger partial charge in [0, 0.05) is 13.1 Å². The molecule has 0 saturated carbocycles. The highest BCUT2D eigenvalue weighted by atomic mass is 16.6. The van der Waals surface area contributed by atoms with E-state index in [-0.39, 0.29) is 11.7 Å². The van der Waals surface area contributed by atoms with Crippen molar-refractivity contribution in [2.75, 3.05) is 26.3 Å². The van der Waals surface area contributed by atoms with Crippen LogP contribution in [0, 0.1) is 0 Å². The molecule has 0 aromatic carbocycles. The molecule has 2 fully saturated rings. The fraction of sp³-hybridized carbons (Fsp3) is 0.750. The molecule has 0 aromatic rings.